The van der Waals surface area contributed by atoms with E-state index in [4.69, 9.17) is 16.3 Å². The molecule has 3 saturated heterocycles. The van der Waals surface area contributed by atoms with E-state index >= 15 is 0 Å². The molecule has 0 saturated carbocycles. The van der Waals surface area contributed by atoms with Gasteiger partial charge in [-0.3, -0.25) is 14.4 Å². The maximum atomic E-state index is 14.8. The lowest BCUT2D eigenvalue weighted by molar-refractivity contribution is -0.145. The molecule has 0 aliphatic carbocycles. The van der Waals surface area contributed by atoms with E-state index in [0.717, 1.165) is 18.4 Å². The molecule has 3 unspecified atom stereocenters. The Labute approximate surface area is 278 Å². The van der Waals surface area contributed by atoms with Crippen molar-refractivity contribution in [1.82, 2.24) is 9.80 Å². The molecular weight excluding hydrogens is 658 g/mol. The van der Waals surface area contributed by atoms with Crippen LogP contribution < -0.4 is 4.90 Å². The maximum Gasteiger partial charge on any atom is 0.253 e. The van der Waals surface area contributed by atoms with Crippen LogP contribution in [0, 0.1) is 11.8 Å². The predicted octanol–water partition coefficient (Wildman–Crippen LogP) is 5.37. The van der Waals surface area contributed by atoms with E-state index in [1.807, 2.05) is 36.4 Å². The summed E-state index contributed by atoms with van der Waals surface area (Å²) in [6, 6.07) is 15.9. The van der Waals surface area contributed by atoms with Crippen LogP contribution in [-0.2, 0) is 25.7 Å². The third-order valence-corrected chi connectivity index (χ3v) is 10.4. The number of benzene rings is 2. The molecular formula is C35H41BrClN3O5. The van der Waals surface area contributed by atoms with Crippen LogP contribution in [0.1, 0.15) is 37.7 Å². The number of likely N-dealkylation sites (tertiary alicyclic amines) is 1. The third kappa shape index (κ3) is 6.37. The summed E-state index contributed by atoms with van der Waals surface area (Å²) in [4.78, 5) is 48.4. The number of halogens is 2. The molecule has 2 bridgehead atoms. The number of ether oxygens (including phenoxy) is 1. The second-order valence-electron chi connectivity index (χ2n) is 12.0. The molecule has 8 nitrogen and oxygen atoms in total. The number of unbranched alkanes of at least 4 members (excludes halogenated alkanes) is 3. The molecule has 240 valence electrons. The minimum atomic E-state index is -1.19. The number of carbonyl (C=O) groups excluding carboxylic acids is 3. The first-order valence-corrected chi connectivity index (χ1v) is 16.9. The van der Waals surface area contributed by atoms with Gasteiger partial charge in [0.15, 0.2) is 0 Å². The van der Waals surface area contributed by atoms with Gasteiger partial charge in [0.1, 0.15) is 11.6 Å². The van der Waals surface area contributed by atoms with Crippen molar-refractivity contribution < 1.29 is 24.2 Å². The van der Waals surface area contributed by atoms with Crippen molar-refractivity contribution in [1.29, 1.82) is 0 Å². The van der Waals surface area contributed by atoms with Crippen molar-refractivity contribution in [2.75, 3.05) is 31.1 Å². The number of para-hydroxylation sites is 1. The van der Waals surface area contributed by atoms with Crippen LogP contribution in [0.15, 0.2) is 79.9 Å². The van der Waals surface area contributed by atoms with E-state index in [-0.39, 0.29) is 35.7 Å². The second kappa shape index (κ2) is 14.6. The van der Waals surface area contributed by atoms with Gasteiger partial charge in [-0.05, 0) is 37.0 Å². The van der Waals surface area contributed by atoms with Gasteiger partial charge in [-0.25, -0.2) is 0 Å². The molecule has 0 aromatic heterocycles. The highest BCUT2D eigenvalue weighted by atomic mass is 79.9. The molecule has 10 heteroatoms. The fourth-order valence-electron chi connectivity index (χ4n) is 7.34. The molecule has 0 radical (unpaired) electrons. The Morgan fingerprint density at radius 1 is 1.02 bits per heavy atom. The Morgan fingerprint density at radius 2 is 1.71 bits per heavy atom. The highest BCUT2D eigenvalue weighted by molar-refractivity contribution is 9.09. The molecule has 3 aliphatic rings. The first-order chi connectivity index (χ1) is 21.8. The highest BCUT2D eigenvalue weighted by Crippen LogP contribution is 2.60. The fourth-order valence-corrected chi connectivity index (χ4v) is 8.52. The van der Waals surface area contributed by atoms with Crippen LogP contribution in [0.25, 0.3) is 0 Å². The fraction of sp³-hybridized carbons (Fsp3) is 0.457. The zero-order valence-electron chi connectivity index (χ0n) is 25.4. The van der Waals surface area contributed by atoms with Gasteiger partial charge in [-0.1, -0.05) is 95.0 Å². The van der Waals surface area contributed by atoms with Crippen LogP contribution in [-0.4, -0.2) is 81.4 Å². The van der Waals surface area contributed by atoms with Crippen molar-refractivity contribution >= 4 is 50.9 Å². The zero-order chi connectivity index (χ0) is 32.1. The Hall–Kier alpha value is -2.98. The molecule has 1 N–H and O–H groups in total. The summed E-state index contributed by atoms with van der Waals surface area (Å²) in [5.74, 6) is -2.29. The third-order valence-electron chi connectivity index (χ3n) is 9.21. The number of amides is 3. The Balaban J connectivity index is 1.53. The van der Waals surface area contributed by atoms with Gasteiger partial charge < -0.3 is 24.5 Å². The average Bonchev–Trinajstić information content (AvgIpc) is 3.63. The zero-order valence-corrected chi connectivity index (χ0v) is 27.7. The van der Waals surface area contributed by atoms with E-state index in [1.165, 1.54) is 0 Å². The summed E-state index contributed by atoms with van der Waals surface area (Å²) in [6.45, 7) is 9.06. The van der Waals surface area contributed by atoms with E-state index in [1.54, 1.807) is 45.1 Å². The summed E-state index contributed by atoms with van der Waals surface area (Å²) < 4.78 is 6.76. The quantitative estimate of drug-likeness (QED) is 0.154. The lowest BCUT2D eigenvalue weighted by Crippen LogP contribution is -2.57. The number of aliphatic hydroxyl groups is 1. The molecule has 3 amide bonds. The number of alkyl halides is 1. The largest absolute Gasteiger partial charge is 0.396 e. The van der Waals surface area contributed by atoms with Gasteiger partial charge in [0.2, 0.25) is 11.8 Å². The summed E-state index contributed by atoms with van der Waals surface area (Å²) in [7, 11) is 0. The lowest BCUT2D eigenvalue weighted by Gasteiger charge is -2.37. The van der Waals surface area contributed by atoms with Gasteiger partial charge in [0.05, 0.1) is 28.6 Å². The lowest BCUT2D eigenvalue weighted by atomic mass is 9.70. The van der Waals surface area contributed by atoms with Gasteiger partial charge >= 0.3 is 0 Å². The van der Waals surface area contributed by atoms with Crippen molar-refractivity contribution in [3.8, 4) is 0 Å². The van der Waals surface area contributed by atoms with Crippen molar-refractivity contribution in [3.63, 3.8) is 0 Å². The Kier molecular flexibility index (Phi) is 10.9. The molecule has 3 fully saturated rings. The van der Waals surface area contributed by atoms with Gasteiger partial charge in [-0.2, -0.15) is 0 Å². The van der Waals surface area contributed by atoms with Crippen LogP contribution >= 0.6 is 27.5 Å². The van der Waals surface area contributed by atoms with Crippen molar-refractivity contribution in [3.05, 3.63) is 90.5 Å². The standard InChI is InChI=1S/C35H41BrClN3O5/c1-3-18-38(23-24-14-8-7-9-15-24)32(42)28-29-33(43)40(20-12-5-6-13-21-41)31(35(29)22-25(36)30(28)45-35)34(44)39(19-4-2)27-17-11-10-16-26(27)37/h3-4,7-11,14-17,25,28-31,41H,1-2,5-6,12-13,18-23H2/t25?,28-,29+,30-,31?,35?/m1/s1. The topological polar surface area (TPSA) is 90.4 Å². The van der Waals surface area contributed by atoms with Crippen LogP contribution in [0.2, 0.25) is 5.02 Å². The first-order valence-electron chi connectivity index (χ1n) is 15.6. The summed E-state index contributed by atoms with van der Waals surface area (Å²) >= 11 is 10.4. The Bertz CT molecular complexity index is 1410. The van der Waals surface area contributed by atoms with Gasteiger partial charge in [0, 0.05) is 37.6 Å². The summed E-state index contributed by atoms with van der Waals surface area (Å²) in [6.07, 6.45) is 6.11. The van der Waals surface area contributed by atoms with E-state index < -0.39 is 29.6 Å². The number of hydrogen-bond donors (Lipinski definition) is 1. The van der Waals surface area contributed by atoms with Crippen LogP contribution in [0.4, 0.5) is 5.69 Å². The SMILES string of the molecule is C=CCN(Cc1ccccc1)C(=O)[C@H]1[C@@H]2OC3(CC2Br)C(C(=O)N(CC=C)c2ccccc2Cl)N(CCCCCCO)C(=O)[C@H]13. The number of rotatable bonds is 15. The van der Waals surface area contributed by atoms with Crippen molar-refractivity contribution in [2.24, 2.45) is 11.8 Å². The second-order valence-corrected chi connectivity index (χ2v) is 13.6. The van der Waals surface area contributed by atoms with Gasteiger partial charge in [-0.15, -0.1) is 13.2 Å². The van der Waals surface area contributed by atoms with E-state index in [9.17, 15) is 19.5 Å². The number of aliphatic hydroxyl groups excluding tert-OH is 1. The van der Waals surface area contributed by atoms with Gasteiger partial charge in [0.25, 0.3) is 5.91 Å². The van der Waals surface area contributed by atoms with E-state index in [2.05, 4.69) is 29.1 Å². The van der Waals surface area contributed by atoms with E-state index in [0.29, 0.717) is 49.6 Å². The predicted molar refractivity (Wildman–Crippen MR) is 179 cm³/mol. The number of carbonyl (C=O) groups is 3. The summed E-state index contributed by atoms with van der Waals surface area (Å²) in [5, 5.41) is 9.65. The normalized spacial score (nSPS) is 26.5. The smallest absolute Gasteiger partial charge is 0.253 e. The number of nitrogens with zero attached hydrogens (tertiary/aromatic N) is 3. The average molecular weight is 699 g/mol. The minimum absolute atomic E-state index is 0.110. The number of hydrogen-bond acceptors (Lipinski definition) is 5. The molecule has 3 heterocycles. The first kappa shape index (κ1) is 33.4. The molecule has 45 heavy (non-hydrogen) atoms. The van der Waals surface area contributed by atoms with Crippen molar-refractivity contribution in [2.45, 2.75) is 61.2 Å². The van der Waals surface area contributed by atoms with Crippen LogP contribution in [0.3, 0.4) is 0 Å². The number of anilines is 1. The molecule has 2 aromatic rings. The molecule has 1 spiro atoms. The maximum absolute atomic E-state index is 14.8. The molecule has 5 rings (SSSR count). The van der Waals surface area contributed by atoms with Crippen LogP contribution in [0.5, 0.6) is 0 Å². The molecule has 3 aliphatic heterocycles. The minimum Gasteiger partial charge on any atom is -0.396 e. The molecule has 6 atom stereocenters. The number of fused-ring (bicyclic) bond motifs is 1. The molecule has 2 aromatic carbocycles. The Morgan fingerprint density at radius 3 is 2.40 bits per heavy atom. The monoisotopic (exact) mass is 697 g/mol. The summed E-state index contributed by atoms with van der Waals surface area (Å²) in [5.41, 5.74) is 0.304. The highest BCUT2D eigenvalue weighted by Gasteiger charge is 2.76.